The molecule has 0 bridgehead atoms. The number of carbonyl (C=O) groups is 1. The number of nitrogens with one attached hydrogen (secondary N) is 1. The summed E-state index contributed by atoms with van der Waals surface area (Å²) >= 11 is 6.31. The molecule has 0 radical (unpaired) electrons. The van der Waals surface area contributed by atoms with Crippen LogP contribution in [0.25, 0.3) is 5.69 Å². The zero-order valence-corrected chi connectivity index (χ0v) is 13.0. The number of hydrogen-bond acceptors (Lipinski definition) is 4. The van der Waals surface area contributed by atoms with Crippen molar-refractivity contribution >= 4 is 17.6 Å². The van der Waals surface area contributed by atoms with Crippen molar-refractivity contribution in [3.8, 4) is 5.69 Å². The van der Waals surface area contributed by atoms with Gasteiger partial charge in [-0.05, 0) is 38.6 Å². The maximum absolute atomic E-state index is 11.6. The molecule has 0 aliphatic carbocycles. The molecule has 21 heavy (non-hydrogen) atoms. The summed E-state index contributed by atoms with van der Waals surface area (Å²) in [5.41, 5.74) is 2.21. The summed E-state index contributed by atoms with van der Waals surface area (Å²) in [6.45, 7) is 4.15. The largest absolute Gasteiger partial charge is 0.462 e. The molecule has 1 atom stereocenters. The van der Waals surface area contributed by atoms with Crippen LogP contribution in [0.4, 0.5) is 0 Å². The number of esters is 1. The van der Waals surface area contributed by atoms with Crippen molar-refractivity contribution in [2.75, 3.05) is 13.7 Å². The second-order valence-corrected chi connectivity index (χ2v) is 5.02. The Morgan fingerprint density at radius 1 is 1.52 bits per heavy atom. The van der Waals surface area contributed by atoms with Crippen LogP contribution in [0.5, 0.6) is 0 Å². The lowest BCUT2D eigenvalue weighted by molar-refractivity contribution is 0.0526. The Bertz CT molecular complexity index is 640. The van der Waals surface area contributed by atoms with E-state index in [9.17, 15) is 4.79 Å². The molecule has 1 aromatic heterocycles. The van der Waals surface area contributed by atoms with Crippen LogP contribution in [-0.2, 0) is 4.74 Å². The van der Waals surface area contributed by atoms with E-state index in [0.29, 0.717) is 17.2 Å². The third kappa shape index (κ3) is 3.43. The highest BCUT2D eigenvalue weighted by atomic mass is 35.5. The van der Waals surface area contributed by atoms with E-state index >= 15 is 0 Å². The fraction of sp³-hybridized carbons (Fsp3) is 0.333. The van der Waals surface area contributed by atoms with Gasteiger partial charge in [0, 0.05) is 12.2 Å². The summed E-state index contributed by atoms with van der Waals surface area (Å²) in [5.74, 6) is -0.389. The van der Waals surface area contributed by atoms with Gasteiger partial charge in [0.1, 0.15) is 0 Å². The molecule has 0 aliphatic rings. The molecule has 0 fully saturated rings. The number of hydrogen-bond donors (Lipinski definition) is 1. The molecule has 6 heteroatoms. The summed E-state index contributed by atoms with van der Waals surface area (Å²) in [6, 6.07) is 5.97. The van der Waals surface area contributed by atoms with E-state index in [1.54, 1.807) is 17.8 Å². The van der Waals surface area contributed by atoms with Crippen LogP contribution in [0.1, 0.15) is 35.8 Å². The van der Waals surface area contributed by atoms with Gasteiger partial charge in [-0.1, -0.05) is 17.7 Å². The van der Waals surface area contributed by atoms with Crippen LogP contribution in [0, 0.1) is 0 Å². The average molecular weight is 308 g/mol. The number of rotatable bonds is 5. The molecule has 0 spiro atoms. The Balaban J connectivity index is 2.28. The fourth-order valence-electron chi connectivity index (χ4n) is 1.92. The van der Waals surface area contributed by atoms with Gasteiger partial charge in [0.15, 0.2) is 0 Å². The number of aromatic nitrogens is 2. The molecule has 1 N–H and O–H groups in total. The van der Waals surface area contributed by atoms with Crippen molar-refractivity contribution in [2.45, 2.75) is 19.9 Å². The van der Waals surface area contributed by atoms with Crippen LogP contribution >= 0.6 is 11.6 Å². The lowest BCUT2D eigenvalue weighted by Crippen LogP contribution is -2.12. The quantitative estimate of drug-likeness (QED) is 0.863. The molecule has 0 saturated heterocycles. The first-order valence-corrected chi connectivity index (χ1v) is 7.13. The molecule has 0 saturated carbocycles. The smallest absolute Gasteiger partial charge is 0.341 e. The van der Waals surface area contributed by atoms with E-state index in [0.717, 1.165) is 11.3 Å². The molecule has 0 aliphatic heterocycles. The summed E-state index contributed by atoms with van der Waals surface area (Å²) < 4.78 is 6.51. The van der Waals surface area contributed by atoms with Gasteiger partial charge in [0.25, 0.3) is 0 Å². The highest BCUT2D eigenvalue weighted by Gasteiger charge is 2.13. The summed E-state index contributed by atoms with van der Waals surface area (Å²) in [6.07, 6.45) is 3.08. The first-order chi connectivity index (χ1) is 10.1. The Labute approximate surface area is 128 Å². The molecule has 1 unspecified atom stereocenters. The predicted octanol–water partition coefficient (Wildman–Crippen LogP) is 2.98. The molecule has 2 aromatic rings. The molecule has 1 heterocycles. The second-order valence-electron chi connectivity index (χ2n) is 4.62. The van der Waals surface area contributed by atoms with Crippen molar-refractivity contribution in [1.29, 1.82) is 0 Å². The molecular formula is C15H18ClN3O2. The van der Waals surface area contributed by atoms with E-state index in [1.165, 1.54) is 6.20 Å². The summed E-state index contributed by atoms with van der Waals surface area (Å²) in [5, 5.41) is 7.90. The second kappa shape index (κ2) is 6.74. The van der Waals surface area contributed by atoms with Gasteiger partial charge in [-0.2, -0.15) is 5.10 Å². The third-order valence-electron chi connectivity index (χ3n) is 3.25. The Hall–Kier alpha value is -1.85. The zero-order chi connectivity index (χ0) is 15.4. The van der Waals surface area contributed by atoms with Crippen molar-refractivity contribution < 1.29 is 9.53 Å². The minimum Gasteiger partial charge on any atom is -0.462 e. The van der Waals surface area contributed by atoms with Crippen molar-refractivity contribution in [2.24, 2.45) is 0 Å². The van der Waals surface area contributed by atoms with Crippen molar-refractivity contribution in [3.05, 3.63) is 46.7 Å². The van der Waals surface area contributed by atoms with Crippen LogP contribution < -0.4 is 5.32 Å². The maximum Gasteiger partial charge on any atom is 0.341 e. The van der Waals surface area contributed by atoms with Crippen molar-refractivity contribution in [3.63, 3.8) is 0 Å². The Morgan fingerprint density at radius 3 is 2.90 bits per heavy atom. The summed E-state index contributed by atoms with van der Waals surface area (Å²) in [4.78, 5) is 11.6. The van der Waals surface area contributed by atoms with E-state index in [4.69, 9.17) is 16.3 Å². The standard InChI is InChI=1S/C15H18ClN3O2/c1-4-21-15(20)12-8-18-19(9-12)14-6-5-11(7-13(14)16)10(2)17-3/h5-10,17H,4H2,1-3H3. The van der Waals surface area contributed by atoms with E-state index in [2.05, 4.69) is 17.3 Å². The van der Waals surface area contributed by atoms with E-state index in [1.807, 2.05) is 25.2 Å². The average Bonchev–Trinajstić information content (AvgIpc) is 2.96. The van der Waals surface area contributed by atoms with Crippen LogP contribution in [-0.4, -0.2) is 29.4 Å². The van der Waals surface area contributed by atoms with Gasteiger partial charge < -0.3 is 10.1 Å². The zero-order valence-electron chi connectivity index (χ0n) is 12.3. The van der Waals surface area contributed by atoms with Gasteiger partial charge >= 0.3 is 5.97 Å². The third-order valence-corrected chi connectivity index (χ3v) is 3.55. The highest BCUT2D eigenvalue weighted by molar-refractivity contribution is 6.32. The van der Waals surface area contributed by atoms with Crippen LogP contribution in [0.3, 0.4) is 0 Å². The number of benzene rings is 1. The monoisotopic (exact) mass is 307 g/mol. The predicted molar refractivity (Wildman–Crippen MR) is 82.0 cm³/mol. The first-order valence-electron chi connectivity index (χ1n) is 6.75. The molecule has 2 rings (SSSR count). The highest BCUT2D eigenvalue weighted by Crippen LogP contribution is 2.24. The van der Waals surface area contributed by atoms with Crippen LogP contribution in [0.15, 0.2) is 30.6 Å². The summed E-state index contributed by atoms with van der Waals surface area (Å²) in [7, 11) is 1.89. The lowest BCUT2D eigenvalue weighted by atomic mass is 10.1. The Morgan fingerprint density at radius 2 is 2.29 bits per heavy atom. The number of ether oxygens (including phenoxy) is 1. The molecule has 112 valence electrons. The normalized spacial score (nSPS) is 12.2. The van der Waals surface area contributed by atoms with Gasteiger partial charge in [-0.3, -0.25) is 0 Å². The van der Waals surface area contributed by atoms with Gasteiger partial charge in [0.2, 0.25) is 0 Å². The van der Waals surface area contributed by atoms with Crippen molar-refractivity contribution in [1.82, 2.24) is 15.1 Å². The van der Waals surface area contributed by atoms with E-state index in [-0.39, 0.29) is 12.0 Å². The Kier molecular flexibility index (Phi) is 4.98. The lowest BCUT2D eigenvalue weighted by Gasteiger charge is -2.12. The molecule has 5 nitrogen and oxygen atoms in total. The SMILES string of the molecule is CCOC(=O)c1cnn(-c2ccc(C(C)NC)cc2Cl)c1. The van der Waals surface area contributed by atoms with Crippen LogP contribution in [0.2, 0.25) is 5.02 Å². The van der Waals surface area contributed by atoms with Gasteiger partial charge in [-0.15, -0.1) is 0 Å². The van der Waals surface area contributed by atoms with E-state index < -0.39 is 0 Å². The number of carbonyl (C=O) groups excluding carboxylic acids is 1. The van der Waals surface area contributed by atoms with Gasteiger partial charge in [0.05, 0.1) is 29.1 Å². The first kappa shape index (κ1) is 15.5. The number of halogens is 1. The van der Waals surface area contributed by atoms with Gasteiger partial charge in [-0.25, -0.2) is 9.48 Å². The number of nitrogens with zero attached hydrogens (tertiary/aromatic N) is 2. The minimum atomic E-state index is -0.389. The fourth-order valence-corrected chi connectivity index (χ4v) is 2.19. The molecular weight excluding hydrogens is 290 g/mol. The topological polar surface area (TPSA) is 56.1 Å². The minimum absolute atomic E-state index is 0.212. The molecule has 0 amide bonds. The molecule has 1 aromatic carbocycles. The maximum atomic E-state index is 11.6.